The Morgan fingerprint density at radius 3 is 2.36 bits per heavy atom. The van der Waals surface area contributed by atoms with Crippen LogP contribution in [0.1, 0.15) is 31.0 Å². The van der Waals surface area contributed by atoms with Gasteiger partial charge in [-0.3, -0.25) is 19.7 Å². The number of nitro groups is 1. The number of nitro benzene ring substituents is 1. The summed E-state index contributed by atoms with van der Waals surface area (Å²) >= 11 is 0. The van der Waals surface area contributed by atoms with E-state index in [1.165, 1.54) is 23.1 Å². The number of aromatic hydroxyl groups is 1. The van der Waals surface area contributed by atoms with Crippen molar-refractivity contribution in [1.29, 1.82) is 0 Å². The number of hydrogen-bond acceptors (Lipinski definition) is 7. The van der Waals surface area contributed by atoms with Crippen molar-refractivity contribution in [1.82, 2.24) is 9.80 Å². The zero-order chi connectivity index (χ0) is 24.3. The highest BCUT2D eigenvalue weighted by Gasteiger charge is 2.46. The molecule has 10 heteroatoms. The van der Waals surface area contributed by atoms with Crippen LogP contribution < -0.4 is 0 Å². The number of likely N-dealkylation sites (N-methyl/N-ethyl adjacent to an activating group) is 1. The number of likely N-dealkylation sites (tertiary alicyclic amines) is 1. The number of aliphatic hydroxyl groups is 1. The maximum absolute atomic E-state index is 13.4. The van der Waals surface area contributed by atoms with Crippen molar-refractivity contribution in [2.24, 2.45) is 0 Å². The first-order valence-corrected chi connectivity index (χ1v) is 10.4. The summed E-state index contributed by atoms with van der Waals surface area (Å²) in [6.07, 6.45) is 0. The van der Waals surface area contributed by atoms with Gasteiger partial charge in [0.1, 0.15) is 11.6 Å². The molecule has 0 saturated carbocycles. The third-order valence-corrected chi connectivity index (χ3v) is 5.72. The molecule has 0 aromatic heterocycles. The monoisotopic (exact) mass is 457 g/mol. The van der Waals surface area contributed by atoms with Gasteiger partial charge in [0.15, 0.2) is 5.75 Å². The maximum Gasteiger partial charge on any atom is 0.311 e. The lowest BCUT2D eigenvalue weighted by molar-refractivity contribution is -0.385. The van der Waals surface area contributed by atoms with Crippen molar-refractivity contribution in [2.75, 3.05) is 26.2 Å². The Hall–Kier alpha value is -3.79. The van der Waals surface area contributed by atoms with Crippen LogP contribution in [0.4, 0.5) is 10.1 Å². The Balaban J connectivity index is 2.16. The number of nitrogens with zero attached hydrogens (tertiary/aromatic N) is 3. The fourth-order valence-electron chi connectivity index (χ4n) is 3.87. The predicted molar refractivity (Wildman–Crippen MR) is 118 cm³/mol. The van der Waals surface area contributed by atoms with Gasteiger partial charge in [-0.2, -0.15) is 0 Å². The van der Waals surface area contributed by atoms with Gasteiger partial charge < -0.3 is 20.0 Å². The lowest BCUT2D eigenvalue weighted by atomic mass is 9.94. The Labute approximate surface area is 189 Å². The Morgan fingerprint density at radius 1 is 1.15 bits per heavy atom. The molecule has 3 rings (SSSR count). The summed E-state index contributed by atoms with van der Waals surface area (Å²) in [4.78, 5) is 39.8. The van der Waals surface area contributed by atoms with Crippen LogP contribution in [0.2, 0.25) is 0 Å². The lowest BCUT2D eigenvalue weighted by Crippen LogP contribution is -2.38. The van der Waals surface area contributed by atoms with Gasteiger partial charge in [-0.1, -0.05) is 19.9 Å². The van der Waals surface area contributed by atoms with Crippen LogP contribution in [0.3, 0.4) is 0 Å². The van der Waals surface area contributed by atoms with Crippen molar-refractivity contribution in [2.45, 2.75) is 19.9 Å². The second kappa shape index (κ2) is 9.78. The SMILES string of the molecule is CCN(CC)CCN1C(=O)C(=O)/C(=C(\O)c2ccc(F)cc2)C1c1ccc(O)c([N+](=O)[O-])c1. The Bertz CT molecular complexity index is 1110. The summed E-state index contributed by atoms with van der Waals surface area (Å²) in [6, 6.07) is 7.17. The number of Topliss-reactive ketones (excluding diaryl/α,β-unsaturated/α-hetero) is 1. The van der Waals surface area contributed by atoms with Crippen LogP contribution >= 0.6 is 0 Å². The van der Waals surface area contributed by atoms with E-state index in [1.54, 1.807) is 0 Å². The molecule has 2 aromatic rings. The number of aliphatic hydroxyl groups excluding tert-OH is 1. The molecule has 174 valence electrons. The van der Waals surface area contributed by atoms with Gasteiger partial charge in [0.25, 0.3) is 11.7 Å². The largest absolute Gasteiger partial charge is 0.507 e. The molecular weight excluding hydrogens is 433 g/mol. The van der Waals surface area contributed by atoms with E-state index in [4.69, 9.17) is 0 Å². The van der Waals surface area contributed by atoms with Gasteiger partial charge >= 0.3 is 5.69 Å². The molecule has 2 aromatic carbocycles. The van der Waals surface area contributed by atoms with Crippen LogP contribution in [0, 0.1) is 15.9 Å². The average Bonchev–Trinajstić information content (AvgIpc) is 3.05. The summed E-state index contributed by atoms with van der Waals surface area (Å²) < 4.78 is 13.4. The molecular formula is C23H24FN3O6. The molecule has 33 heavy (non-hydrogen) atoms. The summed E-state index contributed by atoms with van der Waals surface area (Å²) in [6.45, 7) is 5.90. The summed E-state index contributed by atoms with van der Waals surface area (Å²) in [5, 5.41) is 32.1. The molecule has 9 nitrogen and oxygen atoms in total. The molecule has 1 aliphatic heterocycles. The number of benzene rings is 2. The third-order valence-electron chi connectivity index (χ3n) is 5.72. The predicted octanol–water partition coefficient (Wildman–Crippen LogP) is 3.20. The number of rotatable bonds is 8. The fraction of sp³-hybridized carbons (Fsp3) is 0.304. The van der Waals surface area contributed by atoms with E-state index >= 15 is 0 Å². The van der Waals surface area contributed by atoms with Crippen molar-refractivity contribution in [3.8, 4) is 5.75 Å². The molecule has 1 aliphatic rings. The van der Waals surface area contributed by atoms with Crippen LogP contribution in [-0.4, -0.2) is 62.8 Å². The number of carbonyl (C=O) groups is 2. The Morgan fingerprint density at radius 2 is 1.79 bits per heavy atom. The first-order chi connectivity index (χ1) is 15.7. The van der Waals surface area contributed by atoms with Gasteiger partial charge in [-0.05, 0) is 49.0 Å². The minimum absolute atomic E-state index is 0.122. The van der Waals surface area contributed by atoms with E-state index in [2.05, 4.69) is 0 Å². The zero-order valence-corrected chi connectivity index (χ0v) is 18.2. The van der Waals surface area contributed by atoms with Crippen LogP contribution in [-0.2, 0) is 9.59 Å². The number of hydrogen-bond donors (Lipinski definition) is 2. The molecule has 0 radical (unpaired) electrons. The normalized spacial score (nSPS) is 17.7. The number of ketones is 1. The summed E-state index contributed by atoms with van der Waals surface area (Å²) in [5.74, 6) is -3.43. The fourth-order valence-corrected chi connectivity index (χ4v) is 3.87. The lowest BCUT2D eigenvalue weighted by Gasteiger charge is -2.28. The highest BCUT2D eigenvalue weighted by atomic mass is 19.1. The number of phenols is 1. The van der Waals surface area contributed by atoms with E-state index in [9.17, 15) is 34.3 Å². The highest BCUT2D eigenvalue weighted by Crippen LogP contribution is 2.41. The highest BCUT2D eigenvalue weighted by molar-refractivity contribution is 6.46. The zero-order valence-electron chi connectivity index (χ0n) is 18.2. The van der Waals surface area contributed by atoms with Gasteiger partial charge in [0.2, 0.25) is 0 Å². The van der Waals surface area contributed by atoms with Gasteiger partial charge in [-0.15, -0.1) is 0 Å². The number of carbonyl (C=O) groups excluding carboxylic acids is 2. The number of amides is 1. The Kier molecular flexibility index (Phi) is 7.07. The minimum atomic E-state index is -1.12. The van der Waals surface area contributed by atoms with Crippen molar-refractivity contribution >= 4 is 23.1 Å². The summed E-state index contributed by atoms with van der Waals surface area (Å²) in [5.41, 5.74) is -0.548. The van der Waals surface area contributed by atoms with Crippen molar-refractivity contribution < 1.29 is 29.1 Å². The quantitative estimate of drug-likeness (QED) is 0.205. The molecule has 1 fully saturated rings. The second-order valence-corrected chi connectivity index (χ2v) is 7.53. The molecule has 1 saturated heterocycles. The molecule has 0 spiro atoms. The molecule has 2 N–H and O–H groups in total. The van der Waals surface area contributed by atoms with Crippen LogP contribution in [0.15, 0.2) is 48.0 Å². The van der Waals surface area contributed by atoms with Crippen molar-refractivity contribution in [3.05, 3.63) is 75.1 Å². The smallest absolute Gasteiger partial charge is 0.311 e. The molecule has 1 unspecified atom stereocenters. The third kappa shape index (κ3) is 4.70. The molecule has 0 bridgehead atoms. The van der Waals surface area contributed by atoms with Gasteiger partial charge in [-0.25, -0.2) is 4.39 Å². The maximum atomic E-state index is 13.4. The van der Waals surface area contributed by atoms with Crippen molar-refractivity contribution in [3.63, 3.8) is 0 Å². The minimum Gasteiger partial charge on any atom is -0.507 e. The number of halogens is 1. The average molecular weight is 457 g/mol. The second-order valence-electron chi connectivity index (χ2n) is 7.53. The van der Waals surface area contributed by atoms with Crippen LogP contribution in [0.25, 0.3) is 5.76 Å². The molecule has 0 aliphatic carbocycles. The van der Waals surface area contributed by atoms with Crippen LogP contribution in [0.5, 0.6) is 5.75 Å². The van der Waals surface area contributed by atoms with E-state index in [1.807, 2.05) is 18.7 Å². The molecule has 1 amide bonds. The first-order valence-electron chi connectivity index (χ1n) is 10.4. The summed E-state index contributed by atoms with van der Waals surface area (Å²) in [7, 11) is 0. The van der Waals surface area contributed by atoms with E-state index in [0.717, 1.165) is 24.3 Å². The van der Waals surface area contributed by atoms with E-state index < -0.39 is 45.7 Å². The topological polar surface area (TPSA) is 124 Å². The van der Waals surface area contributed by atoms with E-state index in [-0.39, 0.29) is 23.2 Å². The molecule has 1 atom stereocenters. The van der Waals surface area contributed by atoms with Gasteiger partial charge in [0.05, 0.1) is 16.5 Å². The standard InChI is InChI=1S/C23H24FN3O6/c1-3-25(4-2)11-12-26-20(15-7-10-18(28)17(13-15)27(32)33)19(22(30)23(26)31)21(29)14-5-8-16(24)9-6-14/h5-10,13,20,28-29H,3-4,11-12H2,1-2H3/b21-19-. The molecule has 1 heterocycles. The van der Waals surface area contributed by atoms with Gasteiger partial charge in [0, 0.05) is 24.7 Å². The first kappa shape index (κ1) is 23.9. The number of phenolic OH excluding ortho intramolecular Hbond substituents is 1. The van der Waals surface area contributed by atoms with E-state index in [0.29, 0.717) is 19.6 Å².